The average molecular weight is 231 g/mol. The van der Waals surface area contributed by atoms with Crippen LogP contribution in [-0.4, -0.2) is 18.7 Å². The predicted octanol–water partition coefficient (Wildman–Crippen LogP) is 2.87. The van der Waals surface area contributed by atoms with E-state index in [1.165, 1.54) is 29.7 Å². The van der Waals surface area contributed by atoms with E-state index in [0.29, 0.717) is 5.92 Å². The molecule has 1 N–H and O–H groups in total. The van der Waals surface area contributed by atoms with Gasteiger partial charge in [-0.2, -0.15) is 0 Å². The highest BCUT2D eigenvalue weighted by Gasteiger charge is 2.33. The third-order valence-electron chi connectivity index (χ3n) is 3.86. The first-order valence-electron chi connectivity index (χ1n) is 6.67. The van der Waals surface area contributed by atoms with Gasteiger partial charge < -0.3 is 10.1 Å². The van der Waals surface area contributed by atoms with E-state index in [0.717, 1.165) is 19.5 Å². The second-order valence-corrected chi connectivity index (χ2v) is 5.92. The second-order valence-electron chi connectivity index (χ2n) is 5.92. The van der Waals surface area contributed by atoms with Crippen molar-refractivity contribution >= 4 is 0 Å². The van der Waals surface area contributed by atoms with E-state index in [2.05, 4.69) is 37.4 Å². The van der Waals surface area contributed by atoms with Crippen molar-refractivity contribution in [3.63, 3.8) is 0 Å². The monoisotopic (exact) mass is 231 g/mol. The Labute approximate surface area is 103 Å². The van der Waals surface area contributed by atoms with Gasteiger partial charge in [0.1, 0.15) is 11.4 Å². The van der Waals surface area contributed by atoms with Gasteiger partial charge in [-0.1, -0.05) is 18.2 Å². The van der Waals surface area contributed by atoms with E-state index >= 15 is 0 Å². The van der Waals surface area contributed by atoms with Gasteiger partial charge in [-0.05, 0) is 44.4 Å². The second kappa shape index (κ2) is 4.02. The highest BCUT2D eigenvalue weighted by molar-refractivity contribution is 5.47. The lowest BCUT2D eigenvalue weighted by Crippen LogP contribution is -2.29. The topological polar surface area (TPSA) is 21.3 Å². The Morgan fingerprint density at radius 1 is 1.35 bits per heavy atom. The fraction of sp³-hybridized carbons (Fsp3) is 0.600. The molecule has 2 nitrogen and oxygen atoms in total. The molecule has 0 spiro atoms. The van der Waals surface area contributed by atoms with E-state index in [1.54, 1.807) is 0 Å². The minimum atomic E-state index is -0.0272. The van der Waals surface area contributed by atoms with E-state index in [1.807, 2.05) is 0 Å². The number of ether oxygens (including phenoxy) is 1. The maximum Gasteiger partial charge on any atom is 0.126 e. The largest absolute Gasteiger partial charge is 0.487 e. The van der Waals surface area contributed by atoms with Crippen LogP contribution >= 0.6 is 0 Å². The van der Waals surface area contributed by atoms with Crippen LogP contribution in [0, 0.1) is 0 Å². The maximum absolute atomic E-state index is 6.15. The molecule has 2 aliphatic rings. The number of benzene rings is 1. The summed E-state index contributed by atoms with van der Waals surface area (Å²) in [6.45, 7) is 6.61. The highest BCUT2D eigenvalue weighted by atomic mass is 16.5. The first kappa shape index (κ1) is 11.1. The summed E-state index contributed by atoms with van der Waals surface area (Å²) in [6, 6.07) is 6.65. The van der Waals surface area contributed by atoms with Crippen molar-refractivity contribution in [3.05, 3.63) is 29.3 Å². The predicted molar refractivity (Wildman–Crippen MR) is 69.7 cm³/mol. The fourth-order valence-electron chi connectivity index (χ4n) is 3.08. The molecule has 0 bridgehead atoms. The van der Waals surface area contributed by atoms with Gasteiger partial charge in [-0.25, -0.2) is 0 Å². The van der Waals surface area contributed by atoms with Crippen molar-refractivity contribution in [2.75, 3.05) is 13.1 Å². The molecule has 92 valence electrons. The lowest BCUT2D eigenvalue weighted by Gasteiger charge is -2.25. The fourth-order valence-corrected chi connectivity index (χ4v) is 3.08. The zero-order valence-electron chi connectivity index (χ0n) is 10.8. The van der Waals surface area contributed by atoms with Crippen LogP contribution in [-0.2, 0) is 6.42 Å². The van der Waals surface area contributed by atoms with Crippen LogP contribution in [0.5, 0.6) is 5.75 Å². The molecule has 0 aliphatic carbocycles. The van der Waals surface area contributed by atoms with Crippen LogP contribution in [0.1, 0.15) is 43.7 Å². The molecule has 2 heterocycles. The molecule has 3 rings (SSSR count). The van der Waals surface area contributed by atoms with Gasteiger partial charge in [0.05, 0.1) is 0 Å². The smallest absolute Gasteiger partial charge is 0.126 e. The van der Waals surface area contributed by atoms with E-state index < -0.39 is 0 Å². The Kier molecular flexibility index (Phi) is 2.62. The molecule has 1 aromatic carbocycles. The van der Waals surface area contributed by atoms with E-state index in [4.69, 9.17) is 4.74 Å². The summed E-state index contributed by atoms with van der Waals surface area (Å²) in [7, 11) is 0. The summed E-state index contributed by atoms with van der Waals surface area (Å²) in [5, 5.41) is 3.49. The number of para-hydroxylation sites is 1. The zero-order chi connectivity index (χ0) is 11.9. The summed E-state index contributed by atoms with van der Waals surface area (Å²) in [5.41, 5.74) is 2.78. The van der Waals surface area contributed by atoms with E-state index in [9.17, 15) is 0 Å². The lowest BCUT2D eigenvalue weighted by atomic mass is 9.89. The van der Waals surface area contributed by atoms with Crippen molar-refractivity contribution in [3.8, 4) is 5.75 Å². The number of hydrogen-bond donors (Lipinski definition) is 1. The third-order valence-corrected chi connectivity index (χ3v) is 3.86. The van der Waals surface area contributed by atoms with Crippen molar-refractivity contribution in [2.45, 2.75) is 44.6 Å². The first-order valence-corrected chi connectivity index (χ1v) is 6.67. The summed E-state index contributed by atoms with van der Waals surface area (Å²) < 4.78 is 6.15. The highest BCUT2D eigenvalue weighted by Crippen LogP contribution is 2.41. The van der Waals surface area contributed by atoms with Gasteiger partial charge in [-0.15, -0.1) is 0 Å². The minimum absolute atomic E-state index is 0.0272. The molecule has 0 saturated carbocycles. The quantitative estimate of drug-likeness (QED) is 0.802. The van der Waals surface area contributed by atoms with Crippen molar-refractivity contribution in [1.29, 1.82) is 0 Å². The summed E-state index contributed by atoms with van der Waals surface area (Å²) in [4.78, 5) is 0. The molecule has 17 heavy (non-hydrogen) atoms. The molecule has 1 saturated heterocycles. The summed E-state index contributed by atoms with van der Waals surface area (Å²) in [6.07, 6.45) is 3.60. The van der Waals surface area contributed by atoms with Crippen molar-refractivity contribution in [2.24, 2.45) is 0 Å². The Bertz CT molecular complexity index is 419. The molecular weight excluding hydrogens is 210 g/mol. The zero-order valence-corrected chi connectivity index (χ0v) is 10.8. The van der Waals surface area contributed by atoms with Gasteiger partial charge in [-0.3, -0.25) is 0 Å². The Balaban J connectivity index is 1.94. The van der Waals surface area contributed by atoms with Crippen LogP contribution in [0.15, 0.2) is 18.2 Å². The molecule has 1 unspecified atom stereocenters. The third kappa shape index (κ3) is 2.06. The molecule has 2 aliphatic heterocycles. The minimum Gasteiger partial charge on any atom is -0.487 e. The Morgan fingerprint density at radius 3 is 3.00 bits per heavy atom. The summed E-state index contributed by atoms with van der Waals surface area (Å²) >= 11 is 0. The van der Waals surface area contributed by atoms with Crippen LogP contribution < -0.4 is 10.1 Å². The van der Waals surface area contributed by atoms with Crippen LogP contribution in [0.4, 0.5) is 0 Å². The molecular formula is C15H21NO. The SMILES string of the molecule is CC1(C)Cc2cccc(C3CCCNC3)c2O1. The molecule has 2 heteroatoms. The Hall–Kier alpha value is -1.02. The normalized spacial score (nSPS) is 26.4. The molecule has 1 atom stereocenters. The van der Waals surface area contributed by atoms with E-state index in [-0.39, 0.29) is 5.60 Å². The van der Waals surface area contributed by atoms with Gasteiger partial charge in [0.25, 0.3) is 0 Å². The average Bonchev–Trinajstić information content (AvgIpc) is 2.63. The van der Waals surface area contributed by atoms with Gasteiger partial charge in [0, 0.05) is 18.9 Å². The number of hydrogen-bond acceptors (Lipinski definition) is 2. The molecule has 1 aromatic rings. The van der Waals surface area contributed by atoms with Gasteiger partial charge in [0.15, 0.2) is 0 Å². The first-order chi connectivity index (χ1) is 8.16. The standard InChI is InChI=1S/C15H21NO/c1-15(2)9-11-5-3-7-13(14(11)17-15)12-6-4-8-16-10-12/h3,5,7,12,16H,4,6,8-10H2,1-2H3. The van der Waals surface area contributed by atoms with Crippen LogP contribution in [0.2, 0.25) is 0 Å². The van der Waals surface area contributed by atoms with Crippen LogP contribution in [0.3, 0.4) is 0 Å². The Morgan fingerprint density at radius 2 is 2.24 bits per heavy atom. The number of nitrogens with one attached hydrogen (secondary N) is 1. The maximum atomic E-state index is 6.15. The molecule has 0 radical (unpaired) electrons. The molecule has 0 amide bonds. The number of fused-ring (bicyclic) bond motifs is 1. The van der Waals surface area contributed by atoms with Crippen LogP contribution in [0.25, 0.3) is 0 Å². The molecule has 1 fully saturated rings. The van der Waals surface area contributed by atoms with Gasteiger partial charge >= 0.3 is 0 Å². The number of rotatable bonds is 1. The van der Waals surface area contributed by atoms with Crippen molar-refractivity contribution in [1.82, 2.24) is 5.32 Å². The summed E-state index contributed by atoms with van der Waals surface area (Å²) in [5.74, 6) is 1.80. The van der Waals surface area contributed by atoms with Gasteiger partial charge in [0.2, 0.25) is 0 Å². The molecule has 0 aromatic heterocycles. The number of piperidine rings is 1. The van der Waals surface area contributed by atoms with Crippen molar-refractivity contribution < 1.29 is 4.74 Å². The lowest BCUT2D eigenvalue weighted by molar-refractivity contribution is 0.136.